The van der Waals surface area contributed by atoms with Gasteiger partial charge >= 0.3 is 0 Å². The van der Waals surface area contributed by atoms with Crippen molar-refractivity contribution >= 4 is 11.9 Å². The smallest absolute Gasteiger partial charge is 0.288 e. The van der Waals surface area contributed by atoms with Crippen LogP contribution in [0.3, 0.4) is 0 Å². The first-order valence-corrected chi connectivity index (χ1v) is 6.92. The largest absolute Gasteiger partial charge is 0.494 e. The number of carbonyl (C=O) groups is 1. The third-order valence-corrected chi connectivity index (χ3v) is 3.43. The van der Waals surface area contributed by atoms with E-state index in [4.69, 9.17) is 10.5 Å². The van der Waals surface area contributed by atoms with E-state index < -0.39 is 5.91 Å². The van der Waals surface area contributed by atoms with Crippen molar-refractivity contribution in [3.05, 3.63) is 35.7 Å². The summed E-state index contributed by atoms with van der Waals surface area (Å²) in [5.74, 6) is 0.786. The zero-order chi connectivity index (χ0) is 14.8. The minimum Gasteiger partial charge on any atom is -0.494 e. The lowest BCUT2D eigenvalue weighted by molar-refractivity contribution is 0.0990. The molecule has 1 aliphatic rings. The van der Waals surface area contributed by atoms with Gasteiger partial charge in [-0.2, -0.15) is 4.98 Å². The van der Waals surface area contributed by atoms with Crippen LogP contribution in [0.1, 0.15) is 35.6 Å². The van der Waals surface area contributed by atoms with Gasteiger partial charge in [0.2, 0.25) is 11.8 Å². The highest BCUT2D eigenvalue weighted by Gasteiger charge is 2.27. The van der Waals surface area contributed by atoms with Crippen molar-refractivity contribution in [2.24, 2.45) is 5.73 Å². The van der Waals surface area contributed by atoms with Crippen LogP contribution in [0.2, 0.25) is 0 Å². The van der Waals surface area contributed by atoms with Gasteiger partial charge in [0.05, 0.1) is 12.6 Å². The number of para-hydroxylation sites is 1. The van der Waals surface area contributed by atoms with E-state index in [0.29, 0.717) is 12.6 Å². The molecule has 1 unspecified atom stereocenters. The van der Waals surface area contributed by atoms with Crippen LogP contribution in [0.25, 0.3) is 0 Å². The molecule has 0 fully saturated rings. The standard InChI is InChI=1S/C14H17N5O2/c1-2-21-11-6-4-3-5-9(11)10-7-8-16-14-17-13(12(15)20)18-19(10)14/h3-6,10H,2,7-8H2,1H3,(H2,15,20)(H,16,17,18). The van der Waals surface area contributed by atoms with E-state index in [9.17, 15) is 4.79 Å². The predicted octanol–water partition coefficient (Wildman–Crippen LogP) is 1.18. The first-order valence-electron chi connectivity index (χ1n) is 6.92. The molecular weight excluding hydrogens is 270 g/mol. The van der Waals surface area contributed by atoms with Gasteiger partial charge < -0.3 is 15.8 Å². The topological polar surface area (TPSA) is 95.1 Å². The number of primary amides is 1. The first-order chi connectivity index (χ1) is 10.2. The second-order valence-electron chi connectivity index (χ2n) is 4.77. The molecule has 0 bridgehead atoms. The molecule has 2 heterocycles. The lowest BCUT2D eigenvalue weighted by Gasteiger charge is -2.26. The normalized spacial score (nSPS) is 16.9. The summed E-state index contributed by atoms with van der Waals surface area (Å²) in [4.78, 5) is 15.4. The van der Waals surface area contributed by atoms with Gasteiger partial charge in [-0.3, -0.25) is 4.79 Å². The molecule has 1 aromatic heterocycles. The summed E-state index contributed by atoms with van der Waals surface area (Å²) in [5.41, 5.74) is 6.29. The fourth-order valence-electron chi connectivity index (χ4n) is 2.54. The van der Waals surface area contributed by atoms with Crippen molar-refractivity contribution in [3.63, 3.8) is 0 Å². The Kier molecular flexibility index (Phi) is 3.47. The zero-order valence-corrected chi connectivity index (χ0v) is 11.7. The predicted molar refractivity (Wildman–Crippen MR) is 77.4 cm³/mol. The number of hydrogen-bond donors (Lipinski definition) is 2. The Bertz CT molecular complexity index is 667. The zero-order valence-electron chi connectivity index (χ0n) is 11.7. The Morgan fingerprint density at radius 1 is 1.52 bits per heavy atom. The van der Waals surface area contributed by atoms with Gasteiger partial charge in [0, 0.05) is 12.1 Å². The number of benzene rings is 1. The monoisotopic (exact) mass is 287 g/mol. The minimum absolute atomic E-state index is 0.0235. The molecule has 0 aliphatic carbocycles. The minimum atomic E-state index is -0.629. The summed E-state index contributed by atoms with van der Waals surface area (Å²) in [7, 11) is 0. The number of carbonyl (C=O) groups excluding carboxylic acids is 1. The molecule has 0 spiro atoms. The fourth-order valence-corrected chi connectivity index (χ4v) is 2.54. The quantitative estimate of drug-likeness (QED) is 0.880. The van der Waals surface area contributed by atoms with Gasteiger partial charge in [0.1, 0.15) is 5.75 Å². The maximum Gasteiger partial charge on any atom is 0.288 e. The van der Waals surface area contributed by atoms with Crippen molar-refractivity contribution in [2.75, 3.05) is 18.5 Å². The summed E-state index contributed by atoms with van der Waals surface area (Å²) in [6.07, 6.45) is 0.832. The lowest BCUT2D eigenvalue weighted by Crippen LogP contribution is -2.25. The molecule has 0 saturated carbocycles. The van der Waals surface area contributed by atoms with Crippen molar-refractivity contribution in [1.29, 1.82) is 0 Å². The number of aromatic nitrogens is 3. The van der Waals surface area contributed by atoms with E-state index >= 15 is 0 Å². The van der Waals surface area contributed by atoms with E-state index in [1.807, 2.05) is 31.2 Å². The van der Waals surface area contributed by atoms with Gasteiger partial charge in [-0.05, 0) is 19.4 Å². The van der Waals surface area contributed by atoms with Crippen molar-refractivity contribution in [2.45, 2.75) is 19.4 Å². The number of anilines is 1. The van der Waals surface area contributed by atoms with Crippen LogP contribution in [0.5, 0.6) is 5.75 Å². The van der Waals surface area contributed by atoms with E-state index in [2.05, 4.69) is 15.4 Å². The Labute approximate surface area is 122 Å². The highest BCUT2D eigenvalue weighted by atomic mass is 16.5. The van der Waals surface area contributed by atoms with Gasteiger partial charge in [-0.25, -0.2) is 4.68 Å². The van der Waals surface area contributed by atoms with Gasteiger partial charge in [0.15, 0.2) is 0 Å². The maximum atomic E-state index is 11.3. The number of amides is 1. The van der Waals surface area contributed by atoms with Crippen molar-refractivity contribution in [3.8, 4) is 5.75 Å². The van der Waals surface area contributed by atoms with E-state index in [0.717, 1.165) is 24.3 Å². The molecule has 1 amide bonds. The Morgan fingerprint density at radius 2 is 2.33 bits per heavy atom. The Balaban J connectivity index is 2.04. The van der Waals surface area contributed by atoms with Crippen molar-refractivity contribution < 1.29 is 9.53 Å². The Hall–Kier alpha value is -2.57. The second kappa shape index (κ2) is 5.43. The molecule has 3 N–H and O–H groups in total. The number of fused-ring (bicyclic) bond motifs is 1. The Morgan fingerprint density at radius 3 is 3.10 bits per heavy atom. The average molecular weight is 287 g/mol. The van der Waals surface area contributed by atoms with Crippen molar-refractivity contribution in [1.82, 2.24) is 14.8 Å². The molecule has 7 heteroatoms. The van der Waals surface area contributed by atoms with Crippen LogP contribution >= 0.6 is 0 Å². The van der Waals surface area contributed by atoms with E-state index in [1.54, 1.807) is 4.68 Å². The van der Waals surface area contributed by atoms with Crippen LogP contribution in [-0.4, -0.2) is 33.8 Å². The number of nitrogens with two attached hydrogens (primary N) is 1. The average Bonchev–Trinajstić information content (AvgIpc) is 2.92. The molecule has 110 valence electrons. The van der Waals surface area contributed by atoms with Crippen LogP contribution in [-0.2, 0) is 0 Å². The molecular formula is C14H17N5O2. The molecule has 7 nitrogen and oxygen atoms in total. The maximum absolute atomic E-state index is 11.3. The van der Waals surface area contributed by atoms with Crippen LogP contribution < -0.4 is 15.8 Å². The second-order valence-corrected chi connectivity index (χ2v) is 4.77. The summed E-state index contributed by atoms with van der Waals surface area (Å²) in [6.45, 7) is 3.30. The molecule has 21 heavy (non-hydrogen) atoms. The number of nitrogens with zero attached hydrogens (tertiary/aromatic N) is 3. The molecule has 1 aliphatic heterocycles. The number of nitrogens with one attached hydrogen (secondary N) is 1. The number of hydrogen-bond acceptors (Lipinski definition) is 5. The molecule has 0 radical (unpaired) electrons. The molecule has 2 aromatic rings. The summed E-state index contributed by atoms with van der Waals surface area (Å²) < 4.78 is 7.40. The van der Waals surface area contributed by atoms with Gasteiger partial charge in [-0.15, -0.1) is 5.10 Å². The van der Waals surface area contributed by atoms with Crippen LogP contribution in [0.15, 0.2) is 24.3 Å². The molecule has 1 atom stereocenters. The van der Waals surface area contributed by atoms with Gasteiger partial charge in [-0.1, -0.05) is 18.2 Å². The summed E-state index contributed by atoms with van der Waals surface area (Å²) in [6, 6.07) is 7.82. The molecule has 0 saturated heterocycles. The van der Waals surface area contributed by atoms with Gasteiger partial charge in [0.25, 0.3) is 5.91 Å². The molecule has 3 rings (SSSR count). The molecule has 1 aromatic carbocycles. The number of ether oxygens (including phenoxy) is 1. The van der Waals surface area contributed by atoms with Crippen LogP contribution in [0, 0.1) is 0 Å². The highest BCUT2D eigenvalue weighted by molar-refractivity contribution is 5.89. The highest BCUT2D eigenvalue weighted by Crippen LogP contribution is 2.33. The number of rotatable bonds is 4. The van der Waals surface area contributed by atoms with E-state index in [1.165, 1.54) is 0 Å². The summed E-state index contributed by atoms with van der Waals surface area (Å²) in [5, 5.41) is 7.35. The third kappa shape index (κ3) is 2.42. The summed E-state index contributed by atoms with van der Waals surface area (Å²) >= 11 is 0. The lowest BCUT2D eigenvalue weighted by atomic mass is 10.0. The van der Waals surface area contributed by atoms with Crippen LogP contribution in [0.4, 0.5) is 5.95 Å². The van der Waals surface area contributed by atoms with E-state index in [-0.39, 0.29) is 11.9 Å². The first kappa shape index (κ1) is 13.4. The fraction of sp³-hybridized carbons (Fsp3) is 0.357. The third-order valence-electron chi connectivity index (χ3n) is 3.43. The SMILES string of the molecule is CCOc1ccccc1C1CCNc2nc(C(N)=O)nn21.